The first-order valence-corrected chi connectivity index (χ1v) is 8.52. The normalized spacial score (nSPS) is 20.9. The Morgan fingerprint density at radius 3 is 2.28 bits per heavy atom. The molecule has 0 bridgehead atoms. The van der Waals surface area contributed by atoms with Gasteiger partial charge < -0.3 is 4.74 Å². The van der Waals surface area contributed by atoms with Crippen LogP contribution in [-0.2, 0) is 14.8 Å². The lowest BCUT2D eigenvalue weighted by Crippen LogP contribution is -2.54. The number of ether oxygens (including phenoxy) is 1. The summed E-state index contributed by atoms with van der Waals surface area (Å²) in [7, 11) is -3.27. The van der Waals surface area contributed by atoms with Gasteiger partial charge in [-0.15, -0.1) is 11.6 Å². The highest BCUT2D eigenvalue weighted by atomic mass is 35.5. The van der Waals surface area contributed by atoms with Crippen molar-refractivity contribution in [2.75, 3.05) is 24.8 Å². The fourth-order valence-electron chi connectivity index (χ4n) is 1.85. The molecule has 0 unspecified atom stereocenters. The quantitative estimate of drug-likeness (QED) is 0.791. The summed E-state index contributed by atoms with van der Waals surface area (Å²) in [5.41, 5.74) is -0.505. The number of nitrogens with one attached hydrogen (secondary N) is 1. The fourth-order valence-corrected chi connectivity index (χ4v) is 4.18. The van der Waals surface area contributed by atoms with Crippen LogP contribution in [0.4, 0.5) is 0 Å². The van der Waals surface area contributed by atoms with Gasteiger partial charge >= 0.3 is 0 Å². The van der Waals surface area contributed by atoms with E-state index in [-0.39, 0.29) is 11.2 Å². The maximum atomic E-state index is 12.1. The average molecular weight is 298 g/mol. The first-order chi connectivity index (χ1) is 8.18. The minimum Gasteiger partial charge on any atom is -0.381 e. The van der Waals surface area contributed by atoms with Crippen LogP contribution >= 0.6 is 11.6 Å². The molecule has 1 aliphatic heterocycles. The van der Waals surface area contributed by atoms with Crippen molar-refractivity contribution in [2.45, 2.75) is 45.6 Å². The van der Waals surface area contributed by atoms with Gasteiger partial charge in [0.1, 0.15) is 0 Å². The summed E-state index contributed by atoms with van der Waals surface area (Å²) in [4.78, 5) is 0. The number of alkyl halides is 1. The first-order valence-electron chi connectivity index (χ1n) is 6.33. The van der Waals surface area contributed by atoms with Crippen LogP contribution in [0.25, 0.3) is 0 Å². The fraction of sp³-hybridized carbons (Fsp3) is 1.00. The SMILES string of the molecule is CC(C)(C)CCS(=O)(=O)NC1(CCl)CCOCC1. The van der Waals surface area contributed by atoms with E-state index in [0.29, 0.717) is 38.4 Å². The zero-order valence-electron chi connectivity index (χ0n) is 11.5. The molecule has 0 aromatic rings. The third kappa shape index (κ3) is 5.43. The molecular formula is C12H24ClNO3S. The smallest absolute Gasteiger partial charge is 0.212 e. The van der Waals surface area contributed by atoms with E-state index in [1.165, 1.54) is 0 Å². The largest absolute Gasteiger partial charge is 0.381 e. The third-order valence-electron chi connectivity index (χ3n) is 3.20. The molecule has 0 atom stereocenters. The molecule has 1 rings (SSSR count). The maximum absolute atomic E-state index is 12.1. The molecule has 1 fully saturated rings. The van der Waals surface area contributed by atoms with Crippen LogP contribution in [0.2, 0.25) is 0 Å². The Morgan fingerprint density at radius 1 is 1.28 bits per heavy atom. The number of rotatable bonds is 5. The van der Waals surface area contributed by atoms with Gasteiger partial charge in [-0.25, -0.2) is 13.1 Å². The lowest BCUT2D eigenvalue weighted by atomic mass is 9.94. The molecule has 4 nitrogen and oxygen atoms in total. The molecular weight excluding hydrogens is 274 g/mol. The predicted molar refractivity (Wildman–Crippen MR) is 74.5 cm³/mol. The van der Waals surface area contributed by atoms with Gasteiger partial charge in [0.15, 0.2) is 0 Å². The van der Waals surface area contributed by atoms with Gasteiger partial charge in [-0.3, -0.25) is 0 Å². The molecule has 1 saturated heterocycles. The van der Waals surface area contributed by atoms with Crippen LogP contribution in [0, 0.1) is 5.41 Å². The summed E-state index contributed by atoms with van der Waals surface area (Å²) in [5, 5.41) is 0. The highest BCUT2D eigenvalue weighted by molar-refractivity contribution is 7.89. The Morgan fingerprint density at radius 2 is 1.83 bits per heavy atom. The molecule has 1 heterocycles. The summed E-state index contributed by atoms with van der Waals surface area (Å²) < 4.78 is 32.3. The standard InChI is InChI=1S/C12H24ClNO3S/c1-11(2,3)6-9-18(15,16)14-12(10-13)4-7-17-8-5-12/h14H,4-10H2,1-3H3. The van der Waals surface area contributed by atoms with Crippen molar-refractivity contribution in [1.29, 1.82) is 0 Å². The number of sulfonamides is 1. The molecule has 0 radical (unpaired) electrons. The minimum atomic E-state index is -3.27. The van der Waals surface area contributed by atoms with Crippen LogP contribution in [-0.4, -0.2) is 38.8 Å². The van der Waals surface area contributed by atoms with E-state index in [0.717, 1.165) is 0 Å². The van der Waals surface area contributed by atoms with Gasteiger partial charge in [-0.1, -0.05) is 20.8 Å². The van der Waals surface area contributed by atoms with Crippen molar-refractivity contribution in [2.24, 2.45) is 5.41 Å². The second kappa shape index (κ2) is 6.07. The Labute approximate surface area is 115 Å². The van der Waals surface area contributed by atoms with Crippen LogP contribution in [0.15, 0.2) is 0 Å². The monoisotopic (exact) mass is 297 g/mol. The Balaban J connectivity index is 2.62. The van der Waals surface area contributed by atoms with Gasteiger partial charge in [0, 0.05) is 19.1 Å². The Hall–Kier alpha value is 0.160. The second-order valence-corrected chi connectivity index (χ2v) is 8.37. The average Bonchev–Trinajstić information content (AvgIpc) is 2.27. The topological polar surface area (TPSA) is 55.4 Å². The Bertz CT molecular complexity index is 356. The molecule has 1 aliphatic rings. The molecule has 0 aliphatic carbocycles. The molecule has 0 aromatic heterocycles. The van der Waals surface area contributed by atoms with Crippen LogP contribution in [0.1, 0.15) is 40.0 Å². The van der Waals surface area contributed by atoms with E-state index in [1.807, 2.05) is 20.8 Å². The molecule has 0 amide bonds. The molecule has 0 aromatic carbocycles. The lowest BCUT2D eigenvalue weighted by molar-refractivity contribution is 0.0549. The van der Waals surface area contributed by atoms with Crippen LogP contribution in [0.5, 0.6) is 0 Å². The van der Waals surface area contributed by atoms with Crippen molar-refractivity contribution in [3.63, 3.8) is 0 Å². The molecule has 0 saturated carbocycles. The lowest BCUT2D eigenvalue weighted by Gasteiger charge is -2.36. The van der Waals surface area contributed by atoms with E-state index in [9.17, 15) is 8.42 Å². The van der Waals surface area contributed by atoms with E-state index < -0.39 is 15.6 Å². The van der Waals surface area contributed by atoms with Crippen molar-refractivity contribution < 1.29 is 13.2 Å². The number of hydrogen-bond donors (Lipinski definition) is 1. The van der Waals surface area contributed by atoms with Crippen molar-refractivity contribution in [3.05, 3.63) is 0 Å². The number of halogens is 1. The first kappa shape index (κ1) is 16.2. The predicted octanol–water partition coefficient (Wildman–Crippen LogP) is 2.13. The zero-order chi connectivity index (χ0) is 13.9. The maximum Gasteiger partial charge on any atom is 0.212 e. The van der Waals surface area contributed by atoms with Crippen LogP contribution in [0.3, 0.4) is 0 Å². The van der Waals surface area contributed by atoms with Gasteiger partial charge in [0.05, 0.1) is 11.3 Å². The van der Waals surface area contributed by atoms with Crippen molar-refractivity contribution in [3.8, 4) is 0 Å². The van der Waals surface area contributed by atoms with Gasteiger partial charge in [-0.05, 0) is 24.7 Å². The number of hydrogen-bond acceptors (Lipinski definition) is 3. The summed E-state index contributed by atoms with van der Waals surface area (Å²) in [5.74, 6) is 0.446. The van der Waals surface area contributed by atoms with E-state index in [1.54, 1.807) is 0 Å². The zero-order valence-corrected chi connectivity index (χ0v) is 13.0. The highest BCUT2D eigenvalue weighted by Crippen LogP contribution is 2.25. The molecule has 18 heavy (non-hydrogen) atoms. The summed E-state index contributed by atoms with van der Waals surface area (Å²) in [6.07, 6.45) is 1.92. The summed E-state index contributed by atoms with van der Waals surface area (Å²) >= 11 is 5.95. The molecule has 6 heteroatoms. The highest BCUT2D eigenvalue weighted by Gasteiger charge is 2.35. The minimum absolute atomic E-state index is 0.0125. The van der Waals surface area contributed by atoms with Crippen molar-refractivity contribution in [1.82, 2.24) is 4.72 Å². The van der Waals surface area contributed by atoms with E-state index in [2.05, 4.69) is 4.72 Å². The van der Waals surface area contributed by atoms with E-state index in [4.69, 9.17) is 16.3 Å². The molecule has 108 valence electrons. The second-order valence-electron chi connectivity index (χ2n) is 6.26. The third-order valence-corrected chi connectivity index (χ3v) is 5.20. The van der Waals surface area contributed by atoms with Gasteiger partial charge in [-0.2, -0.15) is 0 Å². The van der Waals surface area contributed by atoms with E-state index >= 15 is 0 Å². The summed E-state index contributed by atoms with van der Waals surface area (Å²) in [6.45, 7) is 7.24. The van der Waals surface area contributed by atoms with Crippen LogP contribution < -0.4 is 4.72 Å². The molecule has 0 spiro atoms. The van der Waals surface area contributed by atoms with Gasteiger partial charge in [0.2, 0.25) is 10.0 Å². The Kier molecular flexibility index (Phi) is 5.47. The van der Waals surface area contributed by atoms with Gasteiger partial charge in [0.25, 0.3) is 0 Å². The summed E-state index contributed by atoms with van der Waals surface area (Å²) in [6, 6.07) is 0. The molecule has 1 N–H and O–H groups in total. The van der Waals surface area contributed by atoms with Crippen molar-refractivity contribution >= 4 is 21.6 Å².